The zero-order valence-electron chi connectivity index (χ0n) is 13.8. The summed E-state index contributed by atoms with van der Waals surface area (Å²) in [5.74, 6) is 1.79. The van der Waals surface area contributed by atoms with Crippen molar-refractivity contribution in [1.29, 1.82) is 0 Å². The van der Waals surface area contributed by atoms with Gasteiger partial charge in [-0.2, -0.15) is 0 Å². The number of ether oxygens (including phenoxy) is 1. The molecule has 0 saturated carbocycles. The van der Waals surface area contributed by atoms with Crippen LogP contribution in [0.5, 0.6) is 0 Å². The molecule has 1 fully saturated rings. The number of sulfone groups is 1. The maximum Gasteiger partial charge on any atom is 0.188 e. The molecule has 1 saturated heterocycles. The Morgan fingerprint density at radius 3 is 2.96 bits per heavy atom. The number of piperidine rings is 1. The molecule has 3 rings (SSSR count). The van der Waals surface area contributed by atoms with E-state index in [1.54, 1.807) is 7.11 Å². The molecule has 9 heteroatoms. The molecule has 1 aliphatic rings. The Hall–Kier alpha value is -1.29. The molecule has 7 nitrogen and oxygen atoms in total. The third-order valence-electron chi connectivity index (χ3n) is 4.09. The van der Waals surface area contributed by atoms with Crippen LogP contribution in [0.2, 0.25) is 0 Å². The van der Waals surface area contributed by atoms with Crippen LogP contribution in [0.15, 0.2) is 20.8 Å². The van der Waals surface area contributed by atoms with Crippen molar-refractivity contribution in [2.45, 2.75) is 36.1 Å². The molecule has 0 N–H and O–H groups in total. The standard InChI is InChI=1S/C15H21N3O4S2/c1-21-10-13-6-5-12(22-13)9-18-7-3-4-11(8-18)14-15(23-17-16-14)24(2,19)20/h5-6,11H,3-4,7-10H2,1-2H3/t11-/m0/s1. The highest BCUT2D eigenvalue weighted by Crippen LogP contribution is 2.32. The van der Waals surface area contributed by atoms with Gasteiger partial charge in [-0.3, -0.25) is 4.90 Å². The van der Waals surface area contributed by atoms with Crippen LogP contribution in [0.3, 0.4) is 0 Å². The van der Waals surface area contributed by atoms with Gasteiger partial charge in [0.2, 0.25) is 0 Å². The van der Waals surface area contributed by atoms with E-state index in [1.807, 2.05) is 12.1 Å². The van der Waals surface area contributed by atoms with E-state index >= 15 is 0 Å². The molecule has 0 amide bonds. The van der Waals surface area contributed by atoms with Crippen LogP contribution in [0.25, 0.3) is 0 Å². The van der Waals surface area contributed by atoms with Crippen LogP contribution < -0.4 is 0 Å². The molecule has 1 aliphatic heterocycles. The van der Waals surface area contributed by atoms with Crippen molar-refractivity contribution in [3.8, 4) is 0 Å². The maximum atomic E-state index is 11.9. The number of aromatic nitrogens is 2. The fourth-order valence-corrected chi connectivity index (χ4v) is 4.80. The van der Waals surface area contributed by atoms with Crippen molar-refractivity contribution >= 4 is 21.4 Å². The SMILES string of the molecule is COCc1ccc(CN2CCC[C@H](c3nnsc3S(C)(=O)=O)C2)o1. The first-order valence-electron chi connectivity index (χ1n) is 7.78. The summed E-state index contributed by atoms with van der Waals surface area (Å²) in [6, 6.07) is 3.89. The van der Waals surface area contributed by atoms with Gasteiger partial charge in [-0.15, -0.1) is 5.10 Å². The Balaban J connectivity index is 1.69. The molecule has 132 valence electrons. The molecule has 0 aliphatic carbocycles. The van der Waals surface area contributed by atoms with Crippen molar-refractivity contribution in [2.24, 2.45) is 0 Å². The number of likely N-dealkylation sites (tertiary alicyclic amines) is 1. The minimum atomic E-state index is -3.28. The smallest absolute Gasteiger partial charge is 0.188 e. The van der Waals surface area contributed by atoms with Crippen LogP contribution >= 0.6 is 11.5 Å². The molecule has 0 bridgehead atoms. The first-order valence-corrected chi connectivity index (χ1v) is 10.4. The van der Waals surface area contributed by atoms with Crippen LogP contribution in [0.4, 0.5) is 0 Å². The highest BCUT2D eigenvalue weighted by Gasteiger charge is 2.29. The van der Waals surface area contributed by atoms with Gasteiger partial charge in [0.25, 0.3) is 0 Å². The average Bonchev–Trinajstić information content (AvgIpc) is 3.17. The normalized spacial score (nSPS) is 19.7. The Labute approximate surface area is 145 Å². The molecule has 1 atom stereocenters. The lowest BCUT2D eigenvalue weighted by Crippen LogP contribution is -2.34. The summed E-state index contributed by atoms with van der Waals surface area (Å²) in [4.78, 5) is 2.27. The maximum absolute atomic E-state index is 11.9. The summed E-state index contributed by atoms with van der Waals surface area (Å²) in [7, 11) is -1.64. The number of nitrogens with zero attached hydrogens (tertiary/aromatic N) is 3. The van der Waals surface area contributed by atoms with Crippen molar-refractivity contribution in [1.82, 2.24) is 14.5 Å². The second-order valence-electron chi connectivity index (χ2n) is 6.09. The topological polar surface area (TPSA) is 85.5 Å². The van der Waals surface area contributed by atoms with E-state index in [4.69, 9.17) is 9.15 Å². The first-order chi connectivity index (χ1) is 11.5. The number of hydrogen-bond donors (Lipinski definition) is 0. The number of hydrogen-bond acceptors (Lipinski definition) is 8. The summed E-state index contributed by atoms with van der Waals surface area (Å²) in [6.45, 7) is 2.88. The van der Waals surface area contributed by atoms with Crippen molar-refractivity contribution < 1.29 is 17.6 Å². The van der Waals surface area contributed by atoms with Crippen LogP contribution in [-0.4, -0.2) is 49.4 Å². The van der Waals surface area contributed by atoms with E-state index in [2.05, 4.69) is 14.5 Å². The van der Waals surface area contributed by atoms with E-state index in [1.165, 1.54) is 6.26 Å². The lowest BCUT2D eigenvalue weighted by molar-refractivity contribution is 0.153. The van der Waals surface area contributed by atoms with Crippen LogP contribution in [-0.2, 0) is 27.7 Å². The average molecular weight is 371 g/mol. The zero-order valence-corrected chi connectivity index (χ0v) is 15.4. The van der Waals surface area contributed by atoms with E-state index in [0.717, 1.165) is 49.0 Å². The highest BCUT2D eigenvalue weighted by atomic mass is 32.2. The van der Waals surface area contributed by atoms with Crippen LogP contribution in [0.1, 0.15) is 36.0 Å². The summed E-state index contributed by atoms with van der Waals surface area (Å²) >= 11 is 0.964. The van der Waals surface area contributed by atoms with Gasteiger partial charge in [0.05, 0.1) is 12.2 Å². The number of rotatable bonds is 6. The quantitative estimate of drug-likeness (QED) is 0.768. The van der Waals surface area contributed by atoms with Gasteiger partial charge in [0, 0.05) is 37.4 Å². The largest absolute Gasteiger partial charge is 0.462 e. The molecule has 0 radical (unpaired) electrons. The predicted octanol–water partition coefficient (Wildman–Crippen LogP) is 2.06. The molecule has 2 aromatic rings. The molecular formula is C15H21N3O4S2. The zero-order chi connectivity index (χ0) is 17.2. The van der Waals surface area contributed by atoms with Gasteiger partial charge in [-0.25, -0.2) is 8.42 Å². The van der Waals surface area contributed by atoms with E-state index < -0.39 is 9.84 Å². The Bertz CT molecular complexity index is 784. The van der Waals surface area contributed by atoms with E-state index in [0.29, 0.717) is 23.1 Å². The summed E-state index contributed by atoms with van der Waals surface area (Å²) < 4.78 is 38.7. The van der Waals surface area contributed by atoms with Gasteiger partial charge in [0.15, 0.2) is 14.0 Å². The minimum absolute atomic E-state index is 0.0932. The monoisotopic (exact) mass is 371 g/mol. The van der Waals surface area contributed by atoms with Crippen molar-refractivity contribution in [3.63, 3.8) is 0 Å². The molecule has 3 heterocycles. The Morgan fingerprint density at radius 2 is 2.21 bits per heavy atom. The number of methoxy groups -OCH3 is 1. The second kappa shape index (κ2) is 7.30. The van der Waals surface area contributed by atoms with E-state index in [-0.39, 0.29) is 5.92 Å². The molecule has 0 spiro atoms. The summed E-state index contributed by atoms with van der Waals surface area (Å²) in [6.07, 6.45) is 3.14. The summed E-state index contributed by atoms with van der Waals surface area (Å²) in [5.41, 5.74) is 0.617. The third kappa shape index (κ3) is 4.02. The second-order valence-corrected chi connectivity index (χ2v) is 9.06. The van der Waals surface area contributed by atoms with Crippen LogP contribution in [0, 0.1) is 0 Å². The molecular weight excluding hydrogens is 350 g/mol. The molecule has 0 aromatic carbocycles. The predicted molar refractivity (Wildman–Crippen MR) is 89.7 cm³/mol. The lowest BCUT2D eigenvalue weighted by Gasteiger charge is -2.31. The van der Waals surface area contributed by atoms with Gasteiger partial charge >= 0.3 is 0 Å². The van der Waals surface area contributed by atoms with E-state index in [9.17, 15) is 8.42 Å². The van der Waals surface area contributed by atoms with Crippen molar-refractivity contribution in [2.75, 3.05) is 26.5 Å². The molecule has 0 unspecified atom stereocenters. The number of furan rings is 1. The van der Waals surface area contributed by atoms with Gasteiger partial charge in [-0.05, 0) is 31.5 Å². The highest BCUT2D eigenvalue weighted by molar-refractivity contribution is 7.92. The fraction of sp³-hybridized carbons (Fsp3) is 0.600. The van der Waals surface area contributed by atoms with Gasteiger partial charge in [0.1, 0.15) is 18.1 Å². The summed E-state index contributed by atoms with van der Waals surface area (Å²) in [5, 5.41) is 4.10. The lowest BCUT2D eigenvalue weighted by atomic mass is 9.95. The Kier molecular flexibility index (Phi) is 5.33. The van der Waals surface area contributed by atoms with Gasteiger partial charge < -0.3 is 9.15 Å². The van der Waals surface area contributed by atoms with Crippen molar-refractivity contribution in [3.05, 3.63) is 29.3 Å². The Morgan fingerprint density at radius 1 is 1.42 bits per heavy atom. The first kappa shape index (κ1) is 17.5. The molecule has 24 heavy (non-hydrogen) atoms. The molecule has 2 aromatic heterocycles. The third-order valence-corrected chi connectivity index (χ3v) is 6.65. The minimum Gasteiger partial charge on any atom is -0.462 e. The van der Waals surface area contributed by atoms with Gasteiger partial charge in [-0.1, -0.05) is 4.49 Å². The fourth-order valence-electron chi connectivity index (χ4n) is 3.06.